The number of carbonyl (C=O) groups excluding carboxylic acids is 1. The molecule has 2 aromatic carbocycles. The molecule has 2 N–H and O–H groups in total. The highest BCUT2D eigenvalue weighted by Gasteiger charge is 2.67. The van der Waals surface area contributed by atoms with Crippen molar-refractivity contribution in [3.05, 3.63) is 62.1 Å². The molecule has 0 aromatic heterocycles. The van der Waals surface area contributed by atoms with E-state index in [1.165, 1.54) is 0 Å². The van der Waals surface area contributed by atoms with Gasteiger partial charge in [0.15, 0.2) is 17.0 Å². The average Bonchev–Trinajstić information content (AvgIpc) is 3.19. The van der Waals surface area contributed by atoms with Crippen molar-refractivity contribution in [3.8, 4) is 11.5 Å². The number of fused-ring (bicyclic) bond motifs is 2. The number of benzene rings is 2. The van der Waals surface area contributed by atoms with Crippen molar-refractivity contribution in [1.29, 1.82) is 0 Å². The summed E-state index contributed by atoms with van der Waals surface area (Å²) >= 11 is 3.53. The van der Waals surface area contributed by atoms with Crippen LogP contribution in [0.2, 0.25) is 0 Å². The summed E-state index contributed by atoms with van der Waals surface area (Å²) in [5, 5.41) is 18.5. The molecule has 9 heteroatoms. The Bertz CT molecular complexity index is 1050. The highest BCUT2D eigenvalue weighted by molar-refractivity contribution is 9.10. The Morgan fingerprint density at radius 3 is 2.58 bits per heavy atom. The molecule has 2 heterocycles. The van der Waals surface area contributed by atoms with Crippen LogP contribution in [-0.2, 0) is 10.3 Å². The minimum absolute atomic E-state index is 0.340. The number of ether oxygens (including phenoxy) is 2. The van der Waals surface area contributed by atoms with Crippen molar-refractivity contribution < 1.29 is 19.2 Å². The van der Waals surface area contributed by atoms with Gasteiger partial charge in [0.25, 0.3) is 11.9 Å². The molecule has 1 saturated heterocycles. The number of para-hydroxylation sites is 1. The maximum atomic E-state index is 13.1. The summed E-state index contributed by atoms with van der Waals surface area (Å²) in [7, 11) is 0. The maximum Gasteiger partial charge on any atom is 0.256 e. The molecule has 0 bridgehead atoms. The average molecular weight is 490 g/mol. The van der Waals surface area contributed by atoms with Crippen molar-refractivity contribution in [2.24, 2.45) is 0 Å². The topological polar surface area (TPSA) is 103 Å². The largest absolute Gasteiger partial charge is 0.490 e. The van der Waals surface area contributed by atoms with Crippen LogP contribution in [0.4, 0.5) is 5.69 Å². The van der Waals surface area contributed by atoms with E-state index in [2.05, 4.69) is 26.6 Å². The van der Waals surface area contributed by atoms with Gasteiger partial charge in [-0.15, -0.1) is 0 Å². The van der Waals surface area contributed by atoms with Crippen LogP contribution in [0.5, 0.6) is 11.5 Å². The van der Waals surface area contributed by atoms with E-state index < -0.39 is 23.4 Å². The van der Waals surface area contributed by atoms with Crippen LogP contribution in [0.3, 0.4) is 0 Å². The standard InChI is InChI=1S/C22H24BrN3O5/c1-4-30-17-11-13(10-15(23)19(17)31-5-2)18-12(3)25-22(20(18)26(28)29)14-8-6-7-9-16(14)24-21(22)27/h6-12,18,20,25H,4-5H2,1-3H3,(H,24,27)/t12-,18-,20-,22-/m0/s1. The van der Waals surface area contributed by atoms with Gasteiger partial charge in [-0.2, -0.15) is 0 Å². The zero-order valence-corrected chi connectivity index (χ0v) is 19.1. The number of anilines is 1. The smallest absolute Gasteiger partial charge is 0.256 e. The van der Waals surface area contributed by atoms with Crippen molar-refractivity contribution in [3.63, 3.8) is 0 Å². The van der Waals surface area contributed by atoms with Crippen LogP contribution in [0.25, 0.3) is 0 Å². The fourth-order valence-corrected chi connectivity index (χ4v) is 5.46. The van der Waals surface area contributed by atoms with E-state index in [0.29, 0.717) is 46.0 Å². The Kier molecular flexibility index (Phi) is 5.65. The molecule has 2 aliphatic heterocycles. The van der Waals surface area contributed by atoms with E-state index in [0.717, 1.165) is 0 Å². The first-order valence-corrected chi connectivity index (χ1v) is 11.1. The van der Waals surface area contributed by atoms with E-state index in [1.54, 1.807) is 30.3 Å². The minimum atomic E-state index is -1.44. The third kappa shape index (κ3) is 3.27. The van der Waals surface area contributed by atoms with Gasteiger partial charge in [0.05, 0.1) is 23.6 Å². The molecule has 1 spiro atoms. The van der Waals surface area contributed by atoms with Gasteiger partial charge < -0.3 is 14.8 Å². The first-order valence-electron chi connectivity index (χ1n) is 10.3. The summed E-state index contributed by atoms with van der Waals surface area (Å²) in [6.07, 6.45) is 0. The molecule has 0 saturated carbocycles. The van der Waals surface area contributed by atoms with Crippen molar-refractivity contribution in [2.45, 2.75) is 44.3 Å². The second-order valence-corrected chi connectivity index (χ2v) is 8.55. The predicted molar refractivity (Wildman–Crippen MR) is 119 cm³/mol. The number of amides is 1. The Morgan fingerprint density at radius 1 is 1.19 bits per heavy atom. The molecule has 0 radical (unpaired) electrons. The summed E-state index contributed by atoms with van der Waals surface area (Å²) in [5.74, 6) is 0.0983. The van der Waals surface area contributed by atoms with Gasteiger partial charge in [-0.25, -0.2) is 0 Å². The molecule has 1 fully saturated rings. The summed E-state index contributed by atoms with van der Waals surface area (Å²) in [6.45, 7) is 6.49. The highest BCUT2D eigenvalue weighted by atomic mass is 79.9. The van der Waals surface area contributed by atoms with Crippen LogP contribution in [0.15, 0.2) is 40.9 Å². The Balaban J connectivity index is 1.87. The summed E-state index contributed by atoms with van der Waals surface area (Å²) in [4.78, 5) is 25.2. The number of halogens is 1. The molecule has 2 aromatic rings. The molecule has 164 valence electrons. The van der Waals surface area contributed by atoms with E-state index in [1.807, 2.05) is 26.8 Å². The monoisotopic (exact) mass is 489 g/mol. The summed E-state index contributed by atoms with van der Waals surface area (Å²) < 4.78 is 12.1. The number of rotatable bonds is 6. The molecule has 1 amide bonds. The number of carbonyl (C=O) groups is 1. The fourth-order valence-electron chi connectivity index (χ4n) is 4.88. The zero-order chi connectivity index (χ0) is 22.3. The number of hydrogen-bond acceptors (Lipinski definition) is 6. The first-order chi connectivity index (χ1) is 14.8. The van der Waals surface area contributed by atoms with Crippen molar-refractivity contribution in [1.82, 2.24) is 5.32 Å². The van der Waals surface area contributed by atoms with E-state index >= 15 is 0 Å². The van der Waals surface area contributed by atoms with Crippen LogP contribution in [-0.4, -0.2) is 36.1 Å². The first kappa shape index (κ1) is 21.6. The van der Waals surface area contributed by atoms with E-state index in [4.69, 9.17) is 9.47 Å². The third-order valence-corrected chi connectivity index (χ3v) is 6.56. The lowest BCUT2D eigenvalue weighted by atomic mass is 9.78. The number of nitrogens with one attached hydrogen (secondary N) is 2. The molecule has 0 aliphatic carbocycles. The predicted octanol–water partition coefficient (Wildman–Crippen LogP) is 3.81. The molecule has 0 unspecified atom stereocenters. The van der Waals surface area contributed by atoms with Crippen molar-refractivity contribution in [2.75, 3.05) is 18.5 Å². The normalized spacial score (nSPS) is 26.6. The number of hydrogen-bond donors (Lipinski definition) is 2. The quantitative estimate of drug-likeness (QED) is 0.472. The lowest BCUT2D eigenvalue weighted by Crippen LogP contribution is -2.54. The second-order valence-electron chi connectivity index (χ2n) is 7.69. The Morgan fingerprint density at radius 2 is 1.90 bits per heavy atom. The van der Waals surface area contributed by atoms with Crippen LogP contribution >= 0.6 is 15.9 Å². The lowest BCUT2D eigenvalue weighted by Gasteiger charge is -2.25. The van der Waals surface area contributed by atoms with Crippen LogP contribution in [0, 0.1) is 10.1 Å². The maximum absolute atomic E-state index is 13.1. The van der Waals surface area contributed by atoms with Gasteiger partial charge >= 0.3 is 0 Å². The highest BCUT2D eigenvalue weighted by Crippen LogP contribution is 2.51. The van der Waals surface area contributed by atoms with E-state index in [9.17, 15) is 14.9 Å². The summed E-state index contributed by atoms with van der Waals surface area (Å²) in [5.41, 5.74) is 0.462. The molecule has 8 nitrogen and oxygen atoms in total. The third-order valence-electron chi connectivity index (χ3n) is 5.97. The summed E-state index contributed by atoms with van der Waals surface area (Å²) in [6, 6.07) is 9.19. The lowest BCUT2D eigenvalue weighted by molar-refractivity contribution is -0.532. The molecular formula is C22H24BrN3O5. The van der Waals surface area contributed by atoms with Gasteiger partial charge in [0, 0.05) is 22.2 Å². The number of nitrogens with zero attached hydrogens (tertiary/aromatic N) is 1. The molecule has 2 aliphatic rings. The molecule has 4 rings (SSSR count). The van der Waals surface area contributed by atoms with E-state index in [-0.39, 0.29) is 11.0 Å². The van der Waals surface area contributed by atoms with Crippen LogP contribution in [0.1, 0.15) is 37.8 Å². The van der Waals surface area contributed by atoms with Gasteiger partial charge in [-0.3, -0.25) is 20.2 Å². The van der Waals surface area contributed by atoms with Crippen LogP contribution < -0.4 is 20.1 Å². The van der Waals surface area contributed by atoms with Gasteiger partial charge in [0.2, 0.25) is 0 Å². The van der Waals surface area contributed by atoms with Gasteiger partial charge in [-0.1, -0.05) is 18.2 Å². The molecule has 4 atom stereocenters. The second kappa shape index (κ2) is 8.12. The van der Waals surface area contributed by atoms with Gasteiger partial charge in [0.1, 0.15) is 0 Å². The minimum Gasteiger partial charge on any atom is -0.490 e. The Hall–Kier alpha value is -2.65. The zero-order valence-electron chi connectivity index (χ0n) is 17.5. The molecule has 31 heavy (non-hydrogen) atoms. The number of nitro groups is 1. The molecular weight excluding hydrogens is 466 g/mol. The Labute approximate surface area is 188 Å². The van der Waals surface area contributed by atoms with Gasteiger partial charge in [-0.05, 0) is 60.5 Å². The SMILES string of the molecule is CCOc1cc([C@@H]2[C@H](C)N[C@]3(C(=O)Nc4ccccc43)[C@H]2[N+](=O)[O-])cc(Br)c1OCC. The fraction of sp³-hybridized carbons (Fsp3) is 0.409. The van der Waals surface area contributed by atoms with Crippen molar-refractivity contribution >= 4 is 27.5 Å².